The van der Waals surface area contributed by atoms with Crippen molar-refractivity contribution in [3.63, 3.8) is 0 Å². The molecule has 1 aromatic rings. The lowest BCUT2D eigenvalue weighted by Gasteiger charge is -2.39. The molecule has 1 fully saturated rings. The smallest absolute Gasteiger partial charge is 0.171 e. The van der Waals surface area contributed by atoms with Crippen LogP contribution in [-0.4, -0.2) is 48.7 Å². The number of nitrogens with zero attached hydrogens (tertiary/aromatic N) is 3. The second-order valence-corrected chi connectivity index (χ2v) is 5.78. The lowest BCUT2D eigenvalue weighted by atomic mass is 10.1. The Morgan fingerprint density at radius 3 is 2.79 bits per heavy atom. The van der Waals surface area contributed by atoms with Crippen LogP contribution in [0, 0.1) is 0 Å². The van der Waals surface area contributed by atoms with Gasteiger partial charge in [-0.3, -0.25) is 0 Å². The van der Waals surface area contributed by atoms with Gasteiger partial charge in [-0.15, -0.1) is 0 Å². The molecule has 0 aliphatic carbocycles. The molecule has 5 nitrogen and oxygen atoms in total. The molecule has 1 atom stereocenters. The zero-order valence-electron chi connectivity index (χ0n) is 11.2. The summed E-state index contributed by atoms with van der Waals surface area (Å²) in [6.45, 7) is 5.30. The highest BCUT2D eigenvalue weighted by atomic mass is 79.9. The molecule has 1 saturated heterocycles. The van der Waals surface area contributed by atoms with Crippen LogP contribution in [0.3, 0.4) is 0 Å². The normalized spacial score (nSPS) is 21.7. The van der Waals surface area contributed by atoms with Gasteiger partial charge in [0.25, 0.3) is 0 Å². The molecule has 104 valence electrons. The Morgan fingerprint density at radius 1 is 1.47 bits per heavy atom. The van der Waals surface area contributed by atoms with Crippen LogP contribution in [0.4, 0.5) is 5.69 Å². The van der Waals surface area contributed by atoms with Gasteiger partial charge in [0, 0.05) is 41.4 Å². The van der Waals surface area contributed by atoms with Gasteiger partial charge in [0.05, 0.1) is 0 Å². The van der Waals surface area contributed by atoms with Gasteiger partial charge in [0.1, 0.15) is 0 Å². The molecule has 1 aromatic carbocycles. The third-order valence-electron chi connectivity index (χ3n) is 3.66. The van der Waals surface area contributed by atoms with Crippen molar-refractivity contribution in [1.29, 1.82) is 0 Å². The number of halogens is 1. The molecule has 0 amide bonds. The van der Waals surface area contributed by atoms with E-state index in [1.807, 2.05) is 18.2 Å². The number of likely N-dealkylation sites (N-methyl/N-ethyl adjacent to an activating group) is 1. The van der Waals surface area contributed by atoms with E-state index in [9.17, 15) is 0 Å². The Bertz CT molecular complexity index is 492. The first-order valence-corrected chi connectivity index (χ1v) is 7.05. The van der Waals surface area contributed by atoms with Gasteiger partial charge in [0.2, 0.25) is 0 Å². The van der Waals surface area contributed by atoms with Crippen LogP contribution in [0.1, 0.15) is 12.5 Å². The summed E-state index contributed by atoms with van der Waals surface area (Å²) in [5, 5.41) is 11.7. The molecule has 0 radical (unpaired) electrons. The number of hydrogen-bond donors (Lipinski definition) is 2. The van der Waals surface area contributed by atoms with Crippen molar-refractivity contribution < 1.29 is 5.21 Å². The highest BCUT2D eigenvalue weighted by Crippen LogP contribution is 2.25. The van der Waals surface area contributed by atoms with E-state index in [1.165, 1.54) is 0 Å². The summed E-state index contributed by atoms with van der Waals surface area (Å²) < 4.78 is 0.840. The molecule has 6 heteroatoms. The number of anilines is 1. The molecule has 19 heavy (non-hydrogen) atoms. The number of rotatable bonds is 2. The van der Waals surface area contributed by atoms with Crippen LogP contribution >= 0.6 is 15.9 Å². The topological polar surface area (TPSA) is 65.1 Å². The Labute approximate surface area is 121 Å². The minimum atomic E-state index is 0.116. The maximum atomic E-state index is 8.72. The van der Waals surface area contributed by atoms with Gasteiger partial charge < -0.3 is 20.7 Å². The molecule has 1 aliphatic heterocycles. The number of oxime groups is 1. The average Bonchev–Trinajstić information content (AvgIpc) is 2.41. The maximum absolute atomic E-state index is 8.72. The van der Waals surface area contributed by atoms with Crippen LogP contribution in [0.2, 0.25) is 0 Å². The van der Waals surface area contributed by atoms with E-state index in [-0.39, 0.29) is 5.84 Å². The monoisotopic (exact) mass is 326 g/mol. The van der Waals surface area contributed by atoms with Crippen LogP contribution in [0.15, 0.2) is 27.8 Å². The molecule has 2 rings (SSSR count). The molecule has 1 heterocycles. The van der Waals surface area contributed by atoms with E-state index in [4.69, 9.17) is 10.9 Å². The van der Waals surface area contributed by atoms with Crippen molar-refractivity contribution in [2.45, 2.75) is 13.0 Å². The summed E-state index contributed by atoms with van der Waals surface area (Å²) in [6.07, 6.45) is 0. The van der Waals surface area contributed by atoms with E-state index in [1.54, 1.807) is 0 Å². The highest BCUT2D eigenvalue weighted by Gasteiger charge is 2.21. The molecule has 0 bridgehead atoms. The lowest BCUT2D eigenvalue weighted by Crippen LogP contribution is -2.50. The number of piperazine rings is 1. The molecule has 0 spiro atoms. The van der Waals surface area contributed by atoms with Gasteiger partial charge in [-0.1, -0.05) is 5.16 Å². The van der Waals surface area contributed by atoms with Gasteiger partial charge in [-0.05, 0) is 48.1 Å². The summed E-state index contributed by atoms with van der Waals surface area (Å²) in [7, 11) is 2.15. The van der Waals surface area contributed by atoms with Gasteiger partial charge >= 0.3 is 0 Å². The number of benzene rings is 1. The van der Waals surface area contributed by atoms with E-state index in [2.05, 4.69) is 44.9 Å². The average molecular weight is 327 g/mol. The highest BCUT2D eigenvalue weighted by molar-refractivity contribution is 9.10. The number of amidine groups is 1. The fourth-order valence-corrected chi connectivity index (χ4v) is 2.82. The van der Waals surface area contributed by atoms with Crippen molar-refractivity contribution in [2.75, 3.05) is 31.6 Å². The molecule has 3 N–H and O–H groups in total. The van der Waals surface area contributed by atoms with Crippen LogP contribution in [-0.2, 0) is 0 Å². The first-order valence-electron chi connectivity index (χ1n) is 6.25. The van der Waals surface area contributed by atoms with E-state index in [0.717, 1.165) is 29.8 Å². The quantitative estimate of drug-likeness (QED) is 0.375. The van der Waals surface area contributed by atoms with Crippen molar-refractivity contribution in [3.8, 4) is 0 Å². The third-order valence-corrected chi connectivity index (χ3v) is 4.32. The van der Waals surface area contributed by atoms with E-state index in [0.29, 0.717) is 11.6 Å². The zero-order chi connectivity index (χ0) is 14.0. The first kappa shape index (κ1) is 14.1. The summed E-state index contributed by atoms with van der Waals surface area (Å²) >= 11 is 3.47. The minimum Gasteiger partial charge on any atom is -0.409 e. The van der Waals surface area contributed by atoms with Crippen LogP contribution < -0.4 is 10.6 Å². The van der Waals surface area contributed by atoms with E-state index < -0.39 is 0 Å². The fraction of sp³-hybridized carbons (Fsp3) is 0.462. The molecule has 0 aromatic heterocycles. The second kappa shape index (κ2) is 5.79. The third kappa shape index (κ3) is 3.01. The molecular weight excluding hydrogens is 308 g/mol. The van der Waals surface area contributed by atoms with Gasteiger partial charge in [-0.2, -0.15) is 0 Å². The SMILES string of the molecule is CC1CN(c2ccc(/C(N)=N/O)c(Br)c2)CCN1C. The van der Waals surface area contributed by atoms with Crippen molar-refractivity contribution >= 4 is 27.5 Å². The van der Waals surface area contributed by atoms with Crippen molar-refractivity contribution in [1.82, 2.24) is 4.90 Å². The number of nitrogens with two attached hydrogens (primary N) is 1. The van der Waals surface area contributed by atoms with Crippen molar-refractivity contribution in [3.05, 3.63) is 28.2 Å². The second-order valence-electron chi connectivity index (χ2n) is 4.93. The first-order chi connectivity index (χ1) is 9.02. The molecule has 1 unspecified atom stereocenters. The minimum absolute atomic E-state index is 0.116. The maximum Gasteiger partial charge on any atom is 0.171 e. The Kier molecular flexibility index (Phi) is 4.31. The van der Waals surface area contributed by atoms with Gasteiger partial charge in [-0.25, -0.2) is 0 Å². The standard InChI is InChI=1S/C13H19BrN4O/c1-9-8-18(6-5-17(9)2)10-3-4-11(12(14)7-10)13(15)16-19/h3-4,7,9,19H,5-6,8H2,1-2H3,(H2,15,16). The number of hydrogen-bond acceptors (Lipinski definition) is 4. The van der Waals surface area contributed by atoms with Crippen LogP contribution in [0.25, 0.3) is 0 Å². The summed E-state index contributed by atoms with van der Waals surface area (Å²) in [5.74, 6) is 0.116. The van der Waals surface area contributed by atoms with Gasteiger partial charge in [0.15, 0.2) is 5.84 Å². The molecule has 0 saturated carbocycles. The predicted octanol–water partition coefficient (Wildman–Crippen LogP) is 1.68. The molecule has 1 aliphatic rings. The predicted molar refractivity (Wildman–Crippen MR) is 81.0 cm³/mol. The summed E-state index contributed by atoms with van der Waals surface area (Å²) in [5.41, 5.74) is 7.47. The lowest BCUT2D eigenvalue weighted by molar-refractivity contribution is 0.234. The molecular formula is C13H19BrN4O. The summed E-state index contributed by atoms with van der Waals surface area (Å²) in [4.78, 5) is 4.71. The Balaban J connectivity index is 2.21. The largest absolute Gasteiger partial charge is 0.409 e. The van der Waals surface area contributed by atoms with Crippen molar-refractivity contribution in [2.24, 2.45) is 10.9 Å². The fourth-order valence-electron chi connectivity index (χ4n) is 2.25. The van der Waals surface area contributed by atoms with Crippen LogP contribution in [0.5, 0.6) is 0 Å². The van der Waals surface area contributed by atoms with E-state index >= 15 is 0 Å². The summed E-state index contributed by atoms with van der Waals surface area (Å²) in [6, 6.07) is 6.44. The zero-order valence-corrected chi connectivity index (χ0v) is 12.8. The Hall–Kier alpha value is -1.27. The Morgan fingerprint density at radius 2 is 2.21 bits per heavy atom.